The fourth-order valence-electron chi connectivity index (χ4n) is 2.54. The number of aromatic carboxylic acids is 1. The Hall–Kier alpha value is -2.63. The van der Waals surface area contributed by atoms with Gasteiger partial charge in [0.15, 0.2) is 0 Å². The molecule has 2 aromatic carbocycles. The number of benzene rings is 2. The second-order valence-corrected chi connectivity index (χ2v) is 6.70. The van der Waals surface area contributed by atoms with Crippen LogP contribution >= 0.6 is 23.2 Å². The molecule has 0 saturated heterocycles. The van der Waals surface area contributed by atoms with Gasteiger partial charge in [-0.3, -0.25) is 4.98 Å². The van der Waals surface area contributed by atoms with Crippen molar-refractivity contribution in [3.8, 4) is 5.75 Å². The van der Waals surface area contributed by atoms with Gasteiger partial charge in [-0.1, -0.05) is 29.3 Å². The van der Waals surface area contributed by atoms with Gasteiger partial charge < -0.3 is 14.6 Å². The van der Waals surface area contributed by atoms with E-state index in [4.69, 9.17) is 27.9 Å². The molecule has 0 aliphatic heterocycles. The minimum absolute atomic E-state index is 0.00890. The third-order valence-electron chi connectivity index (χ3n) is 3.85. The topological polar surface area (TPSA) is 62.2 Å². The molecule has 138 valence electrons. The van der Waals surface area contributed by atoms with Crippen LogP contribution in [0.2, 0.25) is 10.0 Å². The number of halogens is 3. The van der Waals surface area contributed by atoms with Gasteiger partial charge in [0.25, 0.3) is 0 Å². The van der Waals surface area contributed by atoms with Crippen LogP contribution in [-0.4, -0.2) is 11.0 Å². The fourth-order valence-corrected chi connectivity index (χ4v) is 2.89. The predicted octanol–water partition coefficient (Wildman–Crippen LogP) is 4.06. The van der Waals surface area contributed by atoms with Crippen LogP contribution in [0.15, 0.2) is 54.9 Å². The van der Waals surface area contributed by atoms with Crippen LogP contribution in [0.5, 0.6) is 5.75 Å². The van der Waals surface area contributed by atoms with Gasteiger partial charge in [0.05, 0.1) is 5.97 Å². The lowest BCUT2D eigenvalue weighted by atomic mass is 10.0. The maximum absolute atomic E-state index is 13.9. The monoisotopic (exact) mass is 404 g/mol. The molecular formula is C20H13Cl2FNO3-. The van der Waals surface area contributed by atoms with Crippen molar-refractivity contribution in [1.82, 2.24) is 4.98 Å². The van der Waals surface area contributed by atoms with Crippen molar-refractivity contribution in [1.29, 1.82) is 0 Å². The molecule has 0 bridgehead atoms. The van der Waals surface area contributed by atoms with Crippen molar-refractivity contribution < 1.29 is 19.0 Å². The molecular weight excluding hydrogens is 392 g/mol. The maximum Gasteiger partial charge on any atom is 0.131 e. The van der Waals surface area contributed by atoms with E-state index in [9.17, 15) is 14.3 Å². The molecule has 0 unspecified atom stereocenters. The normalized spacial score (nSPS) is 10.6. The highest BCUT2D eigenvalue weighted by atomic mass is 35.5. The van der Waals surface area contributed by atoms with Gasteiger partial charge in [-0.15, -0.1) is 0 Å². The highest BCUT2D eigenvalue weighted by Gasteiger charge is 2.10. The Labute approximate surface area is 165 Å². The number of aromatic nitrogens is 1. The number of carboxylic acid groups (broad SMARTS) is 1. The molecule has 1 aromatic heterocycles. The quantitative estimate of drug-likeness (QED) is 0.621. The van der Waals surface area contributed by atoms with Crippen LogP contribution in [0, 0.1) is 5.82 Å². The molecule has 0 N–H and O–H groups in total. The number of pyridine rings is 1. The summed E-state index contributed by atoms with van der Waals surface area (Å²) in [5, 5.41) is 11.8. The molecule has 0 fully saturated rings. The van der Waals surface area contributed by atoms with Gasteiger partial charge in [0, 0.05) is 45.6 Å². The van der Waals surface area contributed by atoms with Crippen molar-refractivity contribution in [2.45, 2.75) is 13.0 Å². The second-order valence-electron chi connectivity index (χ2n) is 5.82. The second kappa shape index (κ2) is 8.37. The van der Waals surface area contributed by atoms with Crippen LogP contribution in [-0.2, 0) is 13.0 Å². The van der Waals surface area contributed by atoms with E-state index in [2.05, 4.69) is 4.98 Å². The first-order valence-electron chi connectivity index (χ1n) is 7.93. The zero-order chi connectivity index (χ0) is 19.4. The van der Waals surface area contributed by atoms with Crippen molar-refractivity contribution in [2.24, 2.45) is 0 Å². The Morgan fingerprint density at radius 2 is 1.78 bits per heavy atom. The zero-order valence-corrected chi connectivity index (χ0v) is 15.4. The Balaban J connectivity index is 1.82. The molecule has 0 atom stereocenters. The Kier molecular flexibility index (Phi) is 5.94. The minimum atomic E-state index is -1.30. The lowest BCUT2D eigenvalue weighted by Crippen LogP contribution is -2.22. The number of nitrogens with zero attached hydrogens (tertiary/aromatic N) is 1. The third kappa shape index (κ3) is 4.96. The van der Waals surface area contributed by atoms with E-state index in [1.54, 1.807) is 36.5 Å². The molecule has 0 aliphatic rings. The van der Waals surface area contributed by atoms with Gasteiger partial charge in [-0.2, -0.15) is 0 Å². The fraction of sp³-hybridized carbons (Fsp3) is 0.100. The zero-order valence-electron chi connectivity index (χ0n) is 13.9. The van der Waals surface area contributed by atoms with Crippen LogP contribution in [0.25, 0.3) is 0 Å². The summed E-state index contributed by atoms with van der Waals surface area (Å²) in [5.41, 5.74) is 1.72. The van der Waals surface area contributed by atoms with E-state index >= 15 is 0 Å². The molecule has 3 rings (SSSR count). The highest BCUT2D eigenvalue weighted by Crippen LogP contribution is 2.27. The lowest BCUT2D eigenvalue weighted by Gasteiger charge is -2.13. The number of rotatable bonds is 6. The molecule has 1 heterocycles. The summed E-state index contributed by atoms with van der Waals surface area (Å²) < 4.78 is 19.7. The van der Waals surface area contributed by atoms with Gasteiger partial charge >= 0.3 is 0 Å². The standard InChI is InChI=1S/C20H14Cl2FNO3/c21-16-3-4-19(27-11-13-1-2-17(22)8-18(13)23)14(7-16)5-12-6-15(20(25)26)10-24-9-12/h1-4,6-10H,5,11H2,(H,25,26)/p-1. The van der Waals surface area contributed by atoms with Crippen LogP contribution in [0.1, 0.15) is 27.0 Å². The van der Waals surface area contributed by atoms with Crippen molar-refractivity contribution in [3.63, 3.8) is 0 Å². The first-order valence-corrected chi connectivity index (χ1v) is 8.68. The largest absolute Gasteiger partial charge is 0.545 e. The van der Waals surface area contributed by atoms with Crippen molar-refractivity contribution in [2.75, 3.05) is 0 Å². The molecule has 0 aliphatic carbocycles. The molecule has 7 heteroatoms. The molecule has 3 aromatic rings. The van der Waals surface area contributed by atoms with E-state index in [0.29, 0.717) is 38.9 Å². The molecule has 0 radical (unpaired) electrons. The summed E-state index contributed by atoms with van der Waals surface area (Å²) >= 11 is 11.8. The van der Waals surface area contributed by atoms with Crippen LogP contribution in [0.4, 0.5) is 4.39 Å². The molecule has 0 amide bonds. The van der Waals surface area contributed by atoms with Gasteiger partial charge in [-0.25, -0.2) is 4.39 Å². The Morgan fingerprint density at radius 3 is 2.52 bits per heavy atom. The number of ether oxygens (including phenoxy) is 1. The smallest absolute Gasteiger partial charge is 0.131 e. The van der Waals surface area contributed by atoms with E-state index < -0.39 is 11.8 Å². The first kappa shape index (κ1) is 19.1. The summed E-state index contributed by atoms with van der Waals surface area (Å²) in [6.45, 7) is 0.00890. The van der Waals surface area contributed by atoms with E-state index in [-0.39, 0.29) is 12.2 Å². The maximum atomic E-state index is 13.9. The van der Waals surface area contributed by atoms with E-state index in [0.717, 1.165) is 0 Å². The van der Waals surface area contributed by atoms with E-state index in [1.807, 2.05) is 0 Å². The summed E-state index contributed by atoms with van der Waals surface area (Å²) in [6.07, 6.45) is 3.11. The molecule has 0 spiro atoms. The number of hydrogen-bond acceptors (Lipinski definition) is 4. The summed E-state index contributed by atoms with van der Waals surface area (Å²) in [7, 11) is 0. The van der Waals surface area contributed by atoms with Crippen LogP contribution in [0.3, 0.4) is 0 Å². The molecule has 27 heavy (non-hydrogen) atoms. The van der Waals surface area contributed by atoms with Gasteiger partial charge in [0.2, 0.25) is 0 Å². The third-order valence-corrected chi connectivity index (χ3v) is 4.32. The SMILES string of the molecule is O=C([O-])c1cncc(Cc2cc(Cl)ccc2OCc2ccc(Cl)cc2F)c1. The minimum Gasteiger partial charge on any atom is -0.545 e. The average Bonchev–Trinajstić information content (AvgIpc) is 2.62. The van der Waals surface area contributed by atoms with E-state index in [1.165, 1.54) is 18.3 Å². The summed E-state index contributed by atoms with van der Waals surface area (Å²) in [6, 6.07) is 10.9. The summed E-state index contributed by atoms with van der Waals surface area (Å²) in [4.78, 5) is 14.9. The van der Waals surface area contributed by atoms with Crippen molar-refractivity contribution >= 4 is 29.2 Å². The van der Waals surface area contributed by atoms with Gasteiger partial charge in [-0.05, 0) is 42.0 Å². The number of carboxylic acids is 1. The first-order chi connectivity index (χ1) is 12.9. The van der Waals surface area contributed by atoms with Gasteiger partial charge in [0.1, 0.15) is 18.2 Å². The predicted molar refractivity (Wildman–Crippen MR) is 98.6 cm³/mol. The average molecular weight is 405 g/mol. The molecule has 0 saturated carbocycles. The Morgan fingerprint density at radius 1 is 1.04 bits per heavy atom. The number of hydrogen-bond donors (Lipinski definition) is 0. The number of carbonyl (C=O) groups excluding carboxylic acids is 1. The van der Waals surface area contributed by atoms with Crippen LogP contribution < -0.4 is 9.84 Å². The summed E-state index contributed by atoms with van der Waals surface area (Å²) in [5.74, 6) is -1.25. The lowest BCUT2D eigenvalue weighted by molar-refractivity contribution is -0.255. The highest BCUT2D eigenvalue weighted by molar-refractivity contribution is 6.30. The Bertz CT molecular complexity index is 995. The number of carbonyl (C=O) groups is 1. The molecule has 4 nitrogen and oxygen atoms in total. The van der Waals surface area contributed by atoms with Crippen molar-refractivity contribution in [3.05, 3.63) is 93.0 Å².